The smallest absolute Gasteiger partial charge is 0.229 e. The highest BCUT2D eigenvalue weighted by molar-refractivity contribution is 5.79. The van der Waals surface area contributed by atoms with Crippen LogP contribution in [0, 0.1) is 6.92 Å². The summed E-state index contributed by atoms with van der Waals surface area (Å²) in [6, 6.07) is 8.04. The van der Waals surface area contributed by atoms with Gasteiger partial charge in [-0.15, -0.1) is 0 Å². The molecule has 2 heterocycles. The Morgan fingerprint density at radius 3 is 2.96 bits per heavy atom. The first kappa shape index (κ1) is 16.6. The van der Waals surface area contributed by atoms with Crippen LogP contribution in [0.1, 0.15) is 48.7 Å². The van der Waals surface area contributed by atoms with E-state index in [0.717, 1.165) is 11.1 Å². The summed E-state index contributed by atoms with van der Waals surface area (Å²) in [6.45, 7) is 7.56. The number of benzene rings is 1. The van der Waals surface area contributed by atoms with Crippen LogP contribution in [0.2, 0.25) is 0 Å². The summed E-state index contributed by atoms with van der Waals surface area (Å²) >= 11 is 0. The topological polar surface area (TPSA) is 68.5 Å². The number of hydrogen-bond donors (Lipinski definition) is 0. The van der Waals surface area contributed by atoms with Crippen molar-refractivity contribution >= 4 is 5.91 Å². The number of carbonyl (C=O) groups is 1. The normalized spacial score (nSPS) is 18.2. The van der Waals surface area contributed by atoms with Gasteiger partial charge in [0.05, 0.1) is 19.6 Å². The zero-order chi connectivity index (χ0) is 17.1. The number of nitrogens with zero attached hydrogens (tertiary/aromatic N) is 3. The Kier molecular flexibility index (Phi) is 4.94. The molecule has 1 amide bonds. The Labute approximate surface area is 141 Å². The molecule has 1 aliphatic heterocycles. The van der Waals surface area contributed by atoms with Gasteiger partial charge in [-0.1, -0.05) is 48.8 Å². The van der Waals surface area contributed by atoms with E-state index in [4.69, 9.17) is 9.26 Å². The van der Waals surface area contributed by atoms with E-state index in [2.05, 4.69) is 10.1 Å². The van der Waals surface area contributed by atoms with Gasteiger partial charge in [0.1, 0.15) is 6.10 Å². The van der Waals surface area contributed by atoms with Gasteiger partial charge in [0.25, 0.3) is 0 Å². The molecule has 0 N–H and O–H groups in total. The van der Waals surface area contributed by atoms with Crippen LogP contribution in [-0.2, 0) is 16.0 Å². The molecule has 0 radical (unpaired) electrons. The summed E-state index contributed by atoms with van der Waals surface area (Å²) in [7, 11) is 0. The third-order valence-corrected chi connectivity index (χ3v) is 4.10. The standard InChI is InChI=1S/C18H23N3O3/c1-12(2)18-19-17(20-24-18)15-11-21(7-8-23-15)16(22)10-14-6-4-5-13(3)9-14/h4-6,9,12,15H,7-8,10-11H2,1-3H3. The monoisotopic (exact) mass is 329 g/mol. The lowest BCUT2D eigenvalue weighted by Crippen LogP contribution is -2.43. The predicted molar refractivity (Wildman–Crippen MR) is 88.5 cm³/mol. The van der Waals surface area contributed by atoms with Gasteiger partial charge in [-0.05, 0) is 12.5 Å². The summed E-state index contributed by atoms with van der Waals surface area (Å²) in [5, 5.41) is 4.00. The second kappa shape index (κ2) is 7.13. The first-order chi connectivity index (χ1) is 11.5. The summed E-state index contributed by atoms with van der Waals surface area (Å²) in [6.07, 6.45) is 0.0780. The largest absolute Gasteiger partial charge is 0.366 e. The zero-order valence-electron chi connectivity index (χ0n) is 14.4. The van der Waals surface area contributed by atoms with Crippen LogP contribution in [0.5, 0.6) is 0 Å². The molecule has 0 spiro atoms. The lowest BCUT2D eigenvalue weighted by Gasteiger charge is -2.31. The summed E-state index contributed by atoms with van der Waals surface area (Å²) in [4.78, 5) is 18.8. The predicted octanol–water partition coefficient (Wildman–Crippen LogP) is 2.64. The minimum atomic E-state index is -0.323. The van der Waals surface area contributed by atoms with Gasteiger partial charge >= 0.3 is 0 Å². The number of carbonyl (C=O) groups excluding carboxylic acids is 1. The Hall–Kier alpha value is -2.21. The number of amides is 1. The molecule has 6 nitrogen and oxygen atoms in total. The highest BCUT2D eigenvalue weighted by Crippen LogP contribution is 2.22. The van der Waals surface area contributed by atoms with Gasteiger partial charge < -0.3 is 14.2 Å². The van der Waals surface area contributed by atoms with Crippen LogP contribution in [-0.4, -0.2) is 40.6 Å². The van der Waals surface area contributed by atoms with Gasteiger partial charge in [-0.3, -0.25) is 4.79 Å². The summed E-state index contributed by atoms with van der Waals surface area (Å²) in [5.74, 6) is 1.39. The Morgan fingerprint density at radius 2 is 2.25 bits per heavy atom. The van der Waals surface area contributed by atoms with Crippen molar-refractivity contribution in [3.63, 3.8) is 0 Å². The summed E-state index contributed by atoms with van der Waals surface area (Å²) in [5.41, 5.74) is 2.19. The van der Waals surface area contributed by atoms with E-state index >= 15 is 0 Å². The fourth-order valence-electron chi connectivity index (χ4n) is 2.75. The molecular weight excluding hydrogens is 306 g/mol. The second-order valence-electron chi connectivity index (χ2n) is 6.51. The van der Waals surface area contributed by atoms with Gasteiger partial charge in [-0.25, -0.2) is 0 Å². The molecule has 1 fully saturated rings. The van der Waals surface area contributed by atoms with Crippen molar-refractivity contribution in [2.24, 2.45) is 0 Å². The number of aryl methyl sites for hydroxylation is 1. The van der Waals surface area contributed by atoms with Crippen molar-refractivity contribution in [3.05, 3.63) is 47.1 Å². The molecule has 1 atom stereocenters. The minimum Gasteiger partial charge on any atom is -0.366 e. The van der Waals surface area contributed by atoms with Gasteiger partial charge in [-0.2, -0.15) is 4.98 Å². The number of morpholine rings is 1. The van der Waals surface area contributed by atoms with E-state index in [1.54, 1.807) is 0 Å². The highest BCUT2D eigenvalue weighted by atomic mass is 16.5. The number of rotatable bonds is 4. The van der Waals surface area contributed by atoms with Crippen molar-refractivity contribution in [3.8, 4) is 0 Å². The maximum atomic E-state index is 12.6. The second-order valence-corrected chi connectivity index (χ2v) is 6.51. The Balaban J connectivity index is 1.65. The van der Waals surface area contributed by atoms with Gasteiger partial charge in [0, 0.05) is 12.5 Å². The zero-order valence-corrected chi connectivity index (χ0v) is 14.4. The molecule has 1 aromatic carbocycles. The van der Waals surface area contributed by atoms with E-state index < -0.39 is 0 Å². The average Bonchev–Trinajstić information content (AvgIpc) is 3.05. The third kappa shape index (κ3) is 3.82. The van der Waals surface area contributed by atoms with Crippen LogP contribution in [0.25, 0.3) is 0 Å². The molecule has 6 heteroatoms. The van der Waals surface area contributed by atoms with Gasteiger partial charge in [0.15, 0.2) is 0 Å². The minimum absolute atomic E-state index is 0.0986. The number of aromatic nitrogens is 2. The third-order valence-electron chi connectivity index (χ3n) is 4.10. The molecule has 128 valence electrons. The molecule has 1 saturated heterocycles. The molecule has 1 unspecified atom stereocenters. The van der Waals surface area contributed by atoms with Crippen LogP contribution in [0.15, 0.2) is 28.8 Å². The van der Waals surface area contributed by atoms with Crippen LogP contribution < -0.4 is 0 Å². The number of ether oxygens (including phenoxy) is 1. The number of hydrogen-bond acceptors (Lipinski definition) is 5. The van der Waals surface area contributed by atoms with Crippen molar-refractivity contribution in [2.45, 2.75) is 39.2 Å². The van der Waals surface area contributed by atoms with Crippen LogP contribution in [0.3, 0.4) is 0 Å². The fraction of sp³-hybridized carbons (Fsp3) is 0.500. The van der Waals surface area contributed by atoms with Crippen molar-refractivity contribution < 1.29 is 14.1 Å². The first-order valence-corrected chi connectivity index (χ1v) is 8.31. The lowest BCUT2D eigenvalue weighted by atomic mass is 10.1. The quantitative estimate of drug-likeness (QED) is 0.862. The Morgan fingerprint density at radius 1 is 1.42 bits per heavy atom. The van der Waals surface area contributed by atoms with Crippen molar-refractivity contribution in [1.82, 2.24) is 15.0 Å². The molecule has 24 heavy (non-hydrogen) atoms. The van der Waals surface area contributed by atoms with Crippen molar-refractivity contribution in [1.29, 1.82) is 0 Å². The lowest BCUT2D eigenvalue weighted by molar-refractivity contribution is -0.138. The van der Waals surface area contributed by atoms with Crippen molar-refractivity contribution in [2.75, 3.05) is 19.7 Å². The molecule has 0 aliphatic carbocycles. The van der Waals surface area contributed by atoms with Gasteiger partial charge in [0.2, 0.25) is 17.6 Å². The molecule has 0 saturated carbocycles. The molecule has 1 aliphatic rings. The fourth-order valence-corrected chi connectivity index (χ4v) is 2.75. The first-order valence-electron chi connectivity index (χ1n) is 8.31. The van der Waals surface area contributed by atoms with Crippen LogP contribution in [0.4, 0.5) is 0 Å². The molecule has 2 aromatic rings. The van der Waals surface area contributed by atoms with Crippen LogP contribution >= 0.6 is 0 Å². The van der Waals surface area contributed by atoms with E-state index in [9.17, 15) is 4.79 Å². The van der Waals surface area contributed by atoms with E-state index in [0.29, 0.717) is 37.8 Å². The van der Waals surface area contributed by atoms with E-state index in [1.165, 1.54) is 0 Å². The van der Waals surface area contributed by atoms with E-state index in [1.807, 2.05) is 49.9 Å². The molecule has 0 bridgehead atoms. The average molecular weight is 329 g/mol. The maximum Gasteiger partial charge on any atom is 0.229 e. The molecule has 1 aromatic heterocycles. The molecule has 3 rings (SSSR count). The molecular formula is C18H23N3O3. The highest BCUT2D eigenvalue weighted by Gasteiger charge is 2.29. The Bertz CT molecular complexity index is 711. The maximum absolute atomic E-state index is 12.6. The SMILES string of the molecule is Cc1cccc(CC(=O)N2CCOC(c3noc(C(C)C)n3)C2)c1. The van der Waals surface area contributed by atoms with E-state index in [-0.39, 0.29) is 17.9 Å². The summed E-state index contributed by atoms with van der Waals surface area (Å²) < 4.78 is 11.0.